The summed E-state index contributed by atoms with van der Waals surface area (Å²) in [5, 5.41) is 13.3. The first-order chi connectivity index (χ1) is 11.8. The van der Waals surface area contributed by atoms with E-state index in [0.717, 1.165) is 0 Å². The third kappa shape index (κ3) is 4.14. The minimum absolute atomic E-state index is 0.128. The van der Waals surface area contributed by atoms with E-state index in [1.54, 1.807) is 29.9 Å². The van der Waals surface area contributed by atoms with Gasteiger partial charge in [-0.15, -0.1) is 0 Å². The Labute approximate surface area is 143 Å². The number of nitrogens with one attached hydrogen (secondary N) is 1. The number of carbonyl (C=O) groups is 2. The van der Waals surface area contributed by atoms with Crippen LogP contribution in [0.2, 0.25) is 0 Å². The number of hydrogen-bond donors (Lipinski definition) is 1. The van der Waals surface area contributed by atoms with Crippen LogP contribution in [0, 0.1) is 10.1 Å². The van der Waals surface area contributed by atoms with Crippen LogP contribution in [-0.4, -0.2) is 34.6 Å². The first kappa shape index (κ1) is 18.0. The minimum atomic E-state index is -1.07. The lowest BCUT2D eigenvalue weighted by atomic mass is 10.2. The van der Waals surface area contributed by atoms with Gasteiger partial charge in [0.1, 0.15) is 11.4 Å². The second kappa shape index (κ2) is 7.47. The molecule has 0 fully saturated rings. The van der Waals surface area contributed by atoms with Gasteiger partial charge in [-0.1, -0.05) is 0 Å². The number of esters is 1. The monoisotopic (exact) mass is 347 g/mol. The number of carbonyl (C=O) groups excluding carboxylic acids is 2. The maximum absolute atomic E-state index is 12.2. The quantitative estimate of drug-likeness (QED) is 0.486. The Kier molecular flexibility index (Phi) is 5.38. The van der Waals surface area contributed by atoms with Crippen molar-refractivity contribution in [3.8, 4) is 5.75 Å². The van der Waals surface area contributed by atoms with Crippen LogP contribution >= 0.6 is 0 Å². The van der Waals surface area contributed by atoms with E-state index in [4.69, 9.17) is 9.47 Å². The maximum atomic E-state index is 12.2. The third-order valence-electron chi connectivity index (χ3n) is 3.46. The molecule has 25 heavy (non-hydrogen) atoms. The summed E-state index contributed by atoms with van der Waals surface area (Å²) in [6, 6.07) is 7.03. The molecule has 0 aliphatic carbocycles. The number of non-ortho nitro benzene ring substituents is 1. The molecule has 1 amide bonds. The fourth-order valence-electron chi connectivity index (χ4n) is 2.08. The molecule has 0 saturated heterocycles. The zero-order chi connectivity index (χ0) is 18.6. The van der Waals surface area contributed by atoms with Crippen molar-refractivity contribution < 1.29 is 24.0 Å². The Morgan fingerprint density at radius 1 is 1.32 bits per heavy atom. The Morgan fingerprint density at radius 3 is 2.60 bits per heavy atom. The van der Waals surface area contributed by atoms with Gasteiger partial charge in [-0.05, 0) is 25.1 Å². The van der Waals surface area contributed by atoms with Crippen LogP contribution in [0.1, 0.15) is 17.4 Å². The summed E-state index contributed by atoms with van der Waals surface area (Å²) in [4.78, 5) is 34.4. The van der Waals surface area contributed by atoms with E-state index < -0.39 is 22.9 Å². The van der Waals surface area contributed by atoms with Crippen LogP contribution in [0.3, 0.4) is 0 Å². The van der Waals surface area contributed by atoms with Crippen LogP contribution < -0.4 is 10.1 Å². The highest BCUT2D eigenvalue weighted by molar-refractivity contribution is 5.98. The predicted octanol–water partition coefficient (Wildman–Crippen LogP) is 2.13. The molecule has 132 valence electrons. The van der Waals surface area contributed by atoms with Gasteiger partial charge in [0.25, 0.3) is 11.6 Å². The lowest BCUT2D eigenvalue weighted by Crippen LogP contribution is -2.30. The highest BCUT2D eigenvalue weighted by atomic mass is 16.6. The summed E-state index contributed by atoms with van der Waals surface area (Å²) < 4.78 is 11.7. The largest absolute Gasteiger partial charge is 0.494 e. The van der Waals surface area contributed by atoms with Crippen molar-refractivity contribution in [3.05, 3.63) is 52.3 Å². The maximum Gasteiger partial charge on any atom is 0.355 e. The highest BCUT2D eigenvalue weighted by Gasteiger charge is 2.22. The predicted molar refractivity (Wildman–Crippen MR) is 88.6 cm³/mol. The molecule has 0 unspecified atom stereocenters. The molecule has 0 bridgehead atoms. The molecule has 1 N–H and O–H groups in total. The Morgan fingerprint density at radius 2 is 2.04 bits per heavy atom. The summed E-state index contributed by atoms with van der Waals surface area (Å²) in [5.41, 5.74) is 0.380. The number of aryl methyl sites for hydroxylation is 1. The van der Waals surface area contributed by atoms with E-state index in [0.29, 0.717) is 5.69 Å². The van der Waals surface area contributed by atoms with Gasteiger partial charge in [-0.2, -0.15) is 0 Å². The molecular formula is C16H17N3O6. The Balaban J connectivity index is 2.07. The van der Waals surface area contributed by atoms with Crippen LogP contribution in [-0.2, 0) is 16.6 Å². The average molecular weight is 347 g/mol. The molecule has 2 rings (SSSR count). The second-order valence-corrected chi connectivity index (χ2v) is 5.18. The summed E-state index contributed by atoms with van der Waals surface area (Å²) in [6.45, 7) is 1.42. The standard InChI is InChI=1S/C16H17N3O6/c1-10(25-16(21)13-5-4-8-18(13)2)15(20)17-12-7-6-11(19(22)23)9-14(12)24-3/h4-10H,1-3H3,(H,17,20)/t10-/m1/s1. The van der Waals surface area contributed by atoms with E-state index in [1.807, 2.05) is 0 Å². The fraction of sp³-hybridized carbons (Fsp3) is 0.250. The number of nitrogens with zero attached hydrogens (tertiary/aromatic N) is 2. The zero-order valence-corrected chi connectivity index (χ0v) is 13.9. The summed E-state index contributed by atoms with van der Waals surface area (Å²) in [5.74, 6) is -1.09. The molecule has 1 aromatic heterocycles. The van der Waals surface area contributed by atoms with Gasteiger partial charge in [-0.3, -0.25) is 14.9 Å². The van der Waals surface area contributed by atoms with Crippen molar-refractivity contribution >= 4 is 23.3 Å². The van der Waals surface area contributed by atoms with E-state index >= 15 is 0 Å². The average Bonchev–Trinajstić information content (AvgIpc) is 3.00. The molecule has 0 aliphatic heterocycles. The van der Waals surface area contributed by atoms with Crippen molar-refractivity contribution in [1.82, 2.24) is 4.57 Å². The number of methoxy groups -OCH3 is 1. The number of ether oxygens (including phenoxy) is 2. The molecule has 1 atom stereocenters. The minimum Gasteiger partial charge on any atom is -0.494 e. The Bertz CT molecular complexity index is 814. The van der Waals surface area contributed by atoms with Crippen LogP contribution in [0.15, 0.2) is 36.5 Å². The number of benzene rings is 1. The van der Waals surface area contributed by atoms with E-state index in [1.165, 1.54) is 32.2 Å². The van der Waals surface area contributed by atoms with Crippen LogP contribution in [0.5, 0.6) is 5.75 Å². The summed E-state index contributed by atoms with van der Waals surface area (Å²) in [6.07, 6.45) is 0.616. The number of amides is 1. The number of anilines is 1. The summed E-state index contributed by atoms with van der Waals surface area (Å²) in [7, 11) is 3.01. The van der Waals surface area contributed by atoms with Crippen LogP contribution in [0.4, 0.5) is 11.4 Å². The number of aromatic nitrogens is 1. The van der Waals surface area contributed by atoms with Crippen molar-refractivity contribution in [3.63, 3.8) is 0 Å². The SMILES string of the molecule is COc1cc([N+](=O)[O-])ccc1NC(=O)[C@@H](C)OC(=O)c1cccn1C. The van der Waals surface area contributed by atoms with Crippen LogP contribution in [0.25, 0.3) is 0 Å². The topological polar surface area (TPSA) is 113 Å². The van der Waals surface area contributed by atoms with Gasteiger partial charge in [0.2, 0.25) is 0 Å². The second-order valence-electron chi connectivity index (χ2n) is 5.18. The molecule has 0 radical (unpaired) electrons. The molecule has 0 aliphatic rings. The van der Waals surface area contributed by atoms with E-state index in [2.05, 4.69) is 5.32 Å². The third-order valence-corrected chi connectivity index (χ3v) is 3.46. The molecule has 1 heterocycles. The van der Waals surface area contributed by atoms with Crippen molar-refractivity contribution in [2.24, 2.45) is 7.05 Å². The van der Waals surface area contributed by atoms with E-state index in [9.17, 15) is 19.7 Å². The van der Waals surface area contributed by atoms with Crippen molar-refractivity contribution in [2.45, 2.75) is 13.0 Å². The zero-order valence-electron chi connectivity index (χ0n) is 13.9. The smallest absolute Gasteiger partial charge is 0.355 e. The van der Waals surface area contributed by atoms with Gasteiger partial charge in [0.05, 0.1) is 23.8 Å². The molecule has 9 heteroatoms. The lowest BCUT2D eigenvalue weighted by Gasteiger charge is -2.15. The normalized spacial score (nSPS) is 11.5. The number of nitro groups is 1. The van der Waals surface area contributed by atoms with Gasteiger partial charge in [-0.25, -0.2) is 4.79 Å². The Hall–Kier alpha value is -3.36. The fourth-order valence-corrected chi connectivity index (χ4v) is 2.08. The van der Waals surface area contributed by atoms with Gasteiger partial charge in [0.15, 0.2) is 6.10 Å². The van der Waals surface area contributed by atoms with Crippen molar-refractivity contribution in [2.75, 3.05) is 12.4 Å². The molecule has 9 nitrogen and oxygen atoms in total. The van der Waals surface area contributed by atoms with Gasteiger partial charge >= 0.3 is 5.97 Å². The first-order valence-corrected chi connectivity index (χ1v) is 7.29. The molecular weight excluding hydrogens is 330 g/mol. The summed E-state index contributed by atoms with van der Waals surface area (Å²) >= 11 is 0. The molecule has 2 aromatic rings. The van der Waals surface area contributed by atoms with Crippen molar-refractivity contribution in [1.29, 1.82) is 0 Å². The van der Waals surface area contributed by atoms with Gasteiger partial charge < -0.3 is 19.4 Å². The highest BCUT2D eigenvalue weighted by Crippen LogP contribution is 2.29. The van der Waals surface area contributed by atoms with Gasteiger partial charge in [0, 0.05) is 19.3 Å². The number of hydrogen-bond acceptors (Lipinski definition) is 6. The molecule has 0 saturated carbocycles. The molecule has 0 spiro atoms. The van der Waals surface area contributed by atoms with E-state index in [-0.39, 0.29) is 17.1 Å². The number of nitro benzene ring substituents is 1. The molecule has 1 aromatic carbocycles. The number of rotatable bonds is 6. The lowest BCUT2D eigenvalue weighted by molar-refractivity contribution is -0.384. The first-order valence-electron chi connectivity index (χ1n) is 7.29.